The van der Waals surface area contributed by atoms with E-state index in [-0.39, 0.29) is 24.7 Å². The number of carbonyl (C=O) groups is 2. The molecule has 2 aromatic heterocycles. The fourth-order valence-electron chi connectivity index (χ4n) is 2.65. The molecule has 0 aliphatic heterocycles. The van der Waals surface area contributed by atoms with Gasteiger partial charge in [-0.05, 0) is 19.6 Å². The number of aromatic nitrogens is 4. The van der Waals surface area contributed by atoms with Crippen molar-refractivity contribution in [2.45, 2.75) is 45.3 Å². The van der Waals surface area contributed by atoms with Gasteiger partial charge in [0.15, 0.2) is 10.8 Å². The Morgan fingerprint density at radius 3 is 2.70 bits per heavy atom. The number of nitrogens with one attached hydrogen (secondary N) is 2. The summed E-state index contributed by atoms with van der Waals surface area (Å²) in [5.74, 6) is 1.01. The van der Waals surface area contributed by atoms with Gasteiger partial charge in [0.1, 0.15) is 5.82 Å². The van der Waals surface area contributed by atoms with Crippen LogP contribution in [0.5, 0.6) is 0 Å². The number of nitrogens with zero attached hydrogens (tertiary/aromatic N) is 4. The second kappa shape index (κ2) is 13.0. The van der Waals surface area contributed by atoms with Gasteiger partial charge in [-0.15, -0.1) is 0 Å². The van der Waals surface area contributed by atoms with Crippen LogP contribution < -0.4 is 10.6 Å². The van der Waals surface area contributed by atoms with Gasteiger partial charge in [0, 0.05) is 26.1 Å². The first-order chi connectivity index (χ1) is 14.6. The molecule has 0 unspecified atom stereocenters. The Bertz CT molecular complexity index is 829. The monoisotopic (exact) mass is 438 g/mol. The summed E-state index contributed by atoms with van der Waals surface area (Å²) >= 11 is 1.55. The molecule has 0 saturated heterocycles. The summed E-state index contributed by atoms with van der Waals surface area (Å²) in [6.07, 6.45) is 1.90. The van der Waals surface area contributed by atoms with Crippen LogP contribution >= 0.6 is 11.8 Å². The van der Waals surface area contributed by atoms with Crippen LogP contribution in [0.4, 0.5) is 5.82 Å². The number of amides is 1. The normalized spacial score (nSPS) is 10.9. The Morgan fingerprint density at radius 2 is 1.97 bits per heavy atom. The van der Waals surface area contributed by atoms with Crippen LogP contribution in [-0.4, -0.2) is 70.3 Å². The van der Waals surface area contributed by atoms with Crippen LogP contribution in [0.3, 0.4) is 0 Å². The average molecular weight is 439 g/mol. The molecule has 10 nitrogen and oxygen atoms in total. The second-order valence-corrected chi connectivity index (χ2v) is 7.40. The van der Waals surface area contributed by atoms with Gasteiger partial charge >= 0.3 is 5.97 Å². The zero-order chi connectivity index (χ0) is 21.8. The van der Waals surface area contributed by atoms with Crippen LogP contribution in [0.1, 0.15) is 33.6 Å². The van der Waals surface area contributed by atoms with Crippen molar-refractivity contribution in [2.75, 3.05) is 44.0 Å². The number of esters is 1. The molecule has 0 atom stereocenters. The van der Waals surface area contributed by atoms with E-state index in [9.17, 15) is 9.59 Å². The Morgan fingerprint density at radius 1 is 1.13 bits per heavy atom. The third-order valence-electron chi connectivity index (χ3n) is 4.00. The standard InChI is InChI=1S/C19H30N6O4S/c1-4-28-12-10-21-17-14-13-22-25(18(14)24-19(23-17)30-6-3)11-9-20-15(26)7-8-16(27)29-5-2/h13H,4-12H2,1-3H3,(H,20,26)(H,21,23,24). The van der Waals surface area contributed by atoms with E-state index in [1.54, 1.807) is 29.6 Å². The smallest absolute Gasteiger partial charge is 0.306 e. The molecular formula is C19H30N6O4S. The zero-order valence-corrected chi connectivity index (χ0v) is 18.6. The van der Waals surface area contributed by atoms with Crippen LogP contribution in [0.2, 0.25) is 0 Å². The van der Waals surface area contributed by atoms with Gasteiger partial charge in [0.2, 0.25) is 5.91 Å². The Balaban J connectivity index is 1.99. The fourth-order valence-corrected chi connectivity index (χ4v) is 3.22. The minimum atomic E-state index is -0.368. The Labute approximate surface area is 180 Å². The summed E-state index contributed by atoms with van der Waals surface area (Å²) in [6, 6.07) is 0. The van der Waals surface area contributed by atoms with E-state index < -0.39 is 0 Å². The van der Waals surface area contributed by atoms with Crippen molar-refractivity contribution in [2.24, 2.45) is 0 Å². The maximum absolute atomic E-state index is 11.9. The molecule has 1 amide bonds. The Kier molecular flexibility index (Phi) is 10.4. The Hall–Kier alpha value is -2.40. The predicted molar refractivity (Wildman–Crippen MR) is 116 cm³/mol. The summed E-state index contributed by atoms with van der Waals surface area (Å²) in [5.41, 5.74) is 0.709. The number of ether oxygens (including phenoxy) is 2. The molecule has 2 aromatic rings. The molecule has 11 heteroatoms. The van der Waals surface area contributed by atoms with Gasteiger partial charge in [-0.25, -0.2) is 14.6 Å². The second-order valence-electron chi connectivity index (χ2n) is 6.17. The van der Waals surface area contributed by atoms with Crippen molar-refractivity contribution in [3.8, 4) is 0 Å². The number of hydrogen-bond donors (Lipinski definition) is 2. The van der Waals surface area contributed by atoms with Gasteiger partial charge in [-0.3, -0.25) is 9.59 Å². The predicted octanol–water partition coefficient (Wildman–Crippen LogP) is 1.85. The molecule has 2 N–H and O–H groups in total. The van der Waals surface area contributed by atoms with E-state index in [0.29, 0.717) is 50.3 Å². The highest BCUT2D eigenvalue weighted by Crippen LogP contribution is 2.24. The molecule has 166 valence electrons. The zero-order valence-electron chi connectivity index (χ0n) is 17.8. The number of rotatable bonds is 14. The molecule has 0 aliphatic rings. The van der Waals surface area contributed by atoms with Crippen molar-refractivity contribution < 1.29 is 19.1 Å². The third kappa shape index (κ3) is 7.45. The lowest BCUT2D eigenvalue weighted by Crippen LogP contribution is -2.28. The average Bonchev–Trinajstić information content (AvgIpc) is 3.13. The maximum atomic E-state index is 11.9. The lowest BCUT2D eigenvalue weighted by Gasteiger charge is -2.10. The van der Waals surface area contributed by atoms with Crippen LogP contribution in [-0.2, 0) is 25.6 Å². The van der Waals surface area contributed by atoms with Gasteiger partial charge in [0.25, 0.3) is 0 Å². The van der Waals surface area contributed by atoms with Gasteiger partial charge < -0.3 is 20.1 Å². The first-order valence-corrected chi connectivity index (χ1v) is 11.2. The summed E-state index contributed by atoms with van der Waals surface area (Å²) in [6.45, 7) is 8.78. The molecule has 0 radical (unpaired) electrons. The number of hydrogen-bond acceptors (Lipinski definition) is 9. The molecule has 0 spiro atoms. The molecule has 0 bridgehead atoms. The summed E-state index contributed by atoms with van der Waals surface area (Å²) in [4.78, 5) is 32.4. The fraction of sp³-hybridized carbons (Fsp3) is 0.632. The number of thioether (sulfide) groups is 1. The highest BCUT2D eigenvalue weighted by atomic mass is 32.2. The summed E-state index contributed by atoms with van der Waals surface area (Å²) < 4.78 is 11.9. The van der Waals surface area contributed by atoms with E-state index >= 15 is 0 Å². The molecule has 0 fully saturated rings. The van der Waals surface area contributed by atoms with Gasteiger partial charge in [-0.2, -0.15) is 5.10 Å². The van der Waals surface area contributed by atoms with Crippen molar-refractivity contribution in [1.29, 1.82) is 0 Å². The maximum Gasteiger partial charge on any atom is 0.306 e. The van der Waals surface area contributed by atoms with Gasteiger partial charge in [-0.1, -0.05) is 18.7 Å². The minimum Gasteiger partial charge on any atom is -0.466 e. The van der Waals surface area contributed by atoms with Gasteiger partial charge in [0.05, 0.1) is 37.8 Å². The van der Waals surface area contributed by atoms with E-state index in [2.05, 4.69) is 25.7 Å². The van der Waals surface area contributed by atoms with E-state index in [0.717, 1.165) is 17.0 Å². The van der Waals surface area contributed by atoms with Crippen LogP contribution in [0, 0.1) is 0 Å². The SMILES string of the molecule is CCOCCNc1nc(SCC)nc2c1cnn2CCNC(=O)CCC(=O)OCC. The molecule has 0 aromatic carbocycles. The number of anilines is 1. The molecule has 30 heavy (non-hydrogen) atoms. The minimum absolute atomic E-state index is 0.0754. The largest absolute Gasteiger partial charge is 0.466 e. The first kappa shape index (κ1) is 23.9. The van der Waals surface area contributed by atoms with Crippen molar-refractivity contribution in [3.63, 3.8) is 0 Å². The molecule has 0 aliphatic carbocycles. The topological polar surface area (TPSA) is 120 Å². The molecule has 0 saturated carbocycles. The first-order valence-electron chi connectivity index (χ1n) is 10.2. The van der Waals surface area contributed by atoms with Crippen molar-refractivity contribution in [3.05, 3.63) is 6.20 Å². The molecule has 2 rings (SSSR count). The third-order valence-corrected chi connectivity index (χ3v) is 4.73. The number of carbonyl (C=O) groups excluding carboxylic acids is 2. The summed E-state index contributed by atoms with van der Waals surface area (Å²) in [5, 5.41) is 12.0. The summed E-state index contributed by atoms with van der Waals surface area (Å²) in [7, 11) is 0. The van der Waals surface area contributed by atoms with E-state index in [1.165, 1.54) is 0 Å². The quantitative estimate of drug-likeness (QED) is 0.197. The lowest BCUT2D eigenvalue weighted by molar-refractivity contribution is -0.144. The van der Waals surface area contributed by atoms with Crippen molar-refractivity contribution >= 4 is 40.5 Å². The lowest BCUT2D eigenvalue weighted by atomic mass is 10.3. The van der Waals surface area contributed by atoms with E-state index in [1.807, 2.05) is 13.8 Å². The molecule has 2 heterocycles. The molecular weight excluding hydrogens is 408 g/mol. The number of fused-ring (bicyclic) bond motifs is 1. The van der Waals surface area contributed by atoms with Crippen LogP contribution in [0.15, 0.2) is 11.4 Å². The highest BCUT2D eigenvalue weighted by Gasteiger charge is 2.13. The highest BCUT2D eigenvalue weighted by molar-refractivity contribution is 7.99. The van der Waals surface area contributed by atoms with Crippen molar-refractivity contribution in [1.82, 2.24) is 25.1 Å². The van der Waals surface area contributed by atoms with Crippen LogP contribution in [0.25, 0.3) is 11.0 Å². The van der Waals surface area contributed by atoms with E-state index in [4.69, 9.17) is 9.47 Å².